The zero-order valence-corrected chi connectivity index (χ0v) is 14.3. The van der Waals surface area contributed by atoms with E-state index in [2.05, 4.69) is 5.32 Å². The Morgan fingerprint density at radius 3 is 2.50 bits per heavy atom. The topological polar surface area (TPSA) is 89.3 Å². The first kappa shape index (κ1) is 18.1. The van der Waals surface area contributed by atoms with Crippen molar-refractivity contribution in [3.63, 3.8) is 0 Å². The highest BCUT2D eigenvalue weighted by Gasteiger charge is 2.14. The Hall–Kier alpha value is -2.25. The first-order valence-electron chi connectivity index (χ1n) is 7.36. The number of primary sulfonamides is 1. The SMILES string of the molecule is Cc1cc(S(N)(=O)=O)cc(NC(=O)CCc2ccccc2F)c1C. The number of rotatable bonds is 5. The molecular formula is C17H19FN2O3S. The molecule has 5 nitrogen and oxygen atoms in total. The van der Waals surface area contributed by atoms with Crippen LogP contribution in [0.4, 0.5) is 10.1 Å². The van der Waals surface area contributed by atoms with Crippen LogP contribution in [-0.2, 0) is 21.2 Å². The van der Waals surface area contributed by atoms with E-state index in [1.54, 1.807) is 32.0 Å². The lowest BCUT2D eigenvalue weighted by Crippen LogP contribution is -2.16. The number of anilines is 1. The van der Waals surface area contributed by atoms with Crippen LogP contribution in [0.25, 0.3) is 0 Å². The molecule has 0 spiro atoms. The van der Waals surface area contributed by atoms with Crippen molar-refractivity contribution >= 4 is 21.6 Å². The molecule has 128 valence electrons. The zero-order chi connectivity index (χ0) is 17.9. The van der Waals surface area contributed by atoms with E-state index in [-0.39, 0.29) is 29.5 Å². The minimum atomic E-state index is -3.86. The second-order valence-electron chi connectivity index (χ2n) is 5.60. The van der Waals surface area contributed by atoms with Gasteiger partial charge >= 0.3 is 0 Å². The van der Waals surface area contributed by atoms with Crippen LogP contribution in [0.1, 0.15) is 23.1 Å². The molecule has 0 aliphatic heterocycles. The molecule has 0 aromatic heterocycles. The molecule has 0 radical (unpaired) electrons. The second kappa shape index (κ2) is 7.11. The summed E-state index contributed by atoms with van der Waals surface area (Å²) < 4.78 is 36.6. The maximum atomic E-state index is 13.6. The van der Waals surface area contributed by atoms with Crippen LogP contribution in [-0.4, -0.2) is 14.3 Å². The van der Waals surface area contributed by atoms with Crippen molar-refractivity contribution in [2.75, 3.05) is 5.32 Å². The number of hydrogen-bond donors (Lipinski definition) is 2. The van der Waals surface area contributed by atoms with Gasteiger partial charge in [0.1, 0.15) is 5.82 Å². The number of nitrogens with two attached hydrogens (primary N) is 1. The normalized spacial score (nSPS) is 11.3. The highest BCUT2D eigenvalue weighted by atomic mass is 32.2. The van der Waals surface area contributed by atoms with E-state index in [9.17, 15) is 17.6 Å². The summed E-state index contributed by atoms with van der Waals surface area (Å²) in [6.07, 6.45) is 0.338. The van der Waals surface area contributed by atoms with Crippen molar-refractivity contribution in [3.05, 3.63) is 58.9 Å². The molecule has 0 fully saturated rings. The van der Waals surface area contributed by atoms with Gasteiger partial charge in [0.2, 0.25) is 15.9 Å². The Morgan fingerprint density at radius 2 is 1.88 bits per heavy atom. The summed E-state index contributed by atoms with van der Waals surface area (Å²) >= 11 is 0. The van der Waals surface area contributed by atoms with Crippen molar-refractivity contribution < 1.29 is 17.6 Å². The second-order valence-corrected chi connectivity index (χ2v) is 7.16. The molecule has 2 aromatic rings. The summed E-state index contributed by atoms with van der Waals surface area (Å²) in [5.41, 5.74) is 2.30. The third kappa shape index (κ3) is 4.39. The highest BCUT2D eigenvalue weighted by molar-refractivity contribution is 7.89. The van der Waals surface area contributed by atoms with E-state index in [1.807, 2.05) is 0 Å². The lowest BCUT2D eigenvalue weighted by Gasteiger charge is -2.13. The summed E-state index contributed by atoms with van der Waals surface area (Å²) in [6, 6.07) is 9.05. The fraction of sp³-hybridized carbons (Fsp3) is 0.235. The molecule has 0 bridgehead atoms. The molecule has 1 amide bonds. The van der Waals surface area contributed by atoms with Crippen molar-refractivity contribution in [1.82, 2.24) is 0 Å². The van der Waals surface area contributed by atoms with Crippen LogP contribution < -0.4 is 10.5 Å². The molecule has 0 aliphatic carbocycles. The Bertz CT molecular complexity index is 879. The number of sulfonamides is 1. The summed E-state index contributed by atoms with van der Waals surface area (Å²) in [5, 5.41) is 7.82. The van der Waals surface area contributed by atoms with E-state index < -0.39 is 10.0 Å². The summed E-state index contributed by atoms with van der Waals surface area (Å²) in [6.45, 7) is 3.51. The van der Waals surface area contributed by atoms with Gasteiger partial charge in [0, 0.05) is 12.1 Å². The molecule has 7 heteroatoms. The van der Waals surface area contributed by atoms with Crippen LogP contribution in [0.5, 0.6) is 0 Å². The van der Waals surface area contributed by atoms with Crippen molar-refractivity contribution in [1.29, 1.82) is 0 Å². The minimum Gasteiger partial charge on any atom is -0.326 e. The van der Waals surface area contributed by atoms with Crippen LogP contribution in [0.3, 0.4) is 0 Å². The molecular weight excluding hydrogens is 331 g/mol. The Morgan fingerprint density at radius 1 is 1.21 bits per heavy atom. The van der Waals surface area contributed by atoms with Gasteiger partial charge < -0.3 is 5.32 Å². The monoisotopic (exact) mass is 350 g/mol. The maximum absolute atomic E-state index is 13.6. The number of hydrogen-bond acceptors (Lipinski definition) is 3. The van der Waals surface area contributed by atoms with Crippen molar-refractivity contribution in [2.24, 2.45) is 5.14 Å². The smallest absolute Gasteiger partial charge is 0.238 e. The Balaban J connectivity index is 2.14. The Kier molecular flexibility index (Phi) is 5.36. The number of carbonyl (C=O) groups is 1. The van der Waals surface area contributed by atoms with Crippen molar-refractivity contribution in [2.45, 2.75) is 31.6 Å². The zero-order valence-electron chi connectivity index (χ0n) is 13.5. The largest absolute Gasteiger partial charge is 0.326 e. The standard InChI is InChI=1S/C17H19FN2O3S/c1-11-9-14(24(19,22)23)10-16(12(11)2)20-17(21)8-7-13-5-3-4-6-15(13)18/h3-6,9-10H,7-8H2,1-2H3,(H,20,21)(H2,19,22,23). The lowest BCUT2D eigenvalue weighted by atomic mass is 10.1. The summed E-state index contributed by atoms with van der Waals surface area (Å²) in [4.78, 5) is 12.0. The summed E-state index contributed by atoms with van der Waals surface area (Å²) in [5.74, 6) is -0.680. The Labute approximate surface area is 140 Å². The molecule has 0 saturated heterocycles. The molecule has 3 N–H and O–H groups in total. The molecule has 0 atom stereocenters. The molecule has 2 rings (SSSR count). The number of amides is 1. The van der Waals surface area contributed by atoms with Gasteiger partial charge in [0.15, 0.2) is 0 Å². The van der Waals surface area contributed by atoms with Gasteiger partial charge in [0.25, 0.3) is 0 Å². The predicted octanol–water partition coefficient (Wildman–Crippen LogP) is 2.66. The van der Waals surface area contributed by atoms with Gasteiger partial charge in [-0.15, -0.1) is 0 Å². The van der Waals surface area contributed by atoms with E-state index in [0.717, 1.165) is 5.56 Å². The van der Waals surface area contributed by atoms with Crippen molar-refractivity contribution in [3.8, 4) is 0 Å². The lowest BCUT2D eigenvalue weighted by molar-refractivity contribution is -0.116. The molecule has 0 heterocycles. The summed E-state index contributed by atoms with van der Waals surface area (Å²) in [7, 11) is -3.86. The van der Waals surface area contributed by atoms with E-state index in [0.29, 0.717) is 16.8 Å². The van der Waals surface area contributed by atoms with Gasteiger partial charge in [-0.25, -0.2) is 17.9 Å². The predicted molar refractivity (Wildman–Crippen MR) is 90.6 cm³/mol. The van der Waals surface area contributed by atoms with Crippen LogP contribution in [0.15, 0.2) is 41.3 Å². The molecule has 0 saturated carbocycles. The average Bonchev–Trinajstić information content (AvgIpc) is 2.50. The van der Waals surface area contributed by atoms with Crippen LogP contribution in [0, 0.1) is 19.7 Å². The third-order valence-electron chi connectivity index (χ3n) is 3.82. The number of carbonyl (C=O) groups excluding carboxylic acids is 1. The first-order valence-corrected chi connectivity index (χ1v) is 8.90. The number of nitrogens with one attached hydrogen (secondary N) is 1. The van der Waals surface area contributed by atoms with Gasteiger partial charge in [-0.3, -0.25) is 4.79 Å². The van der Waals surface area contributed by atoms with Gasteiger partial charge in [-0.2, -0.15) is 0 Å². The molecule has 24 heavy (non-hydrogen) atoms. The van der Waals surface area contributed by atoms with Crippen LogP contribution >= 0.6 is 0 Å². The fourth-order valence-electron chi connectivity index (χ4n) is 2.28. The maximum Gasteiger partial charge on any atom is 0.238 e. The third-order valence-corrected chi connectivity index (χ3v) is 4.72. The van der Waals surface area contributed by atoms with Crippen LogP contribution in [0.2, 0.25) is 0 Å². The highest BCUT2D eigenvalue weighted by Crippen LogP contribution is 2.24. The van der Waals surface area contributed by atoms with E-state index in [1.165, 1.54) is 18.2 Å². The number of benzene rings is 2. The molecule has 2 aromatic carbocycles. The average molecular weight is 350 g/mol. The van der Waals surface area contributed by atoms with E-state index in [4.69, 9.17) is 5.14 Å². The van der Waals surface area contributed by atoms with Gasteiger partial charge in [0.05, 0.1) is 4.90 Å². The van der Waals surface area contributed by atoms with E-state index >= 15 is 0 Å². The quantitative estimate of drug-likeness (QED) is 0.869. The minimum absolute atomic E-state index is 0.0602. The number of halogens is 1. The molecule has 0 unspecified atom stereocenters. The molecule has 0 aliphatic rings. The van der Waals surface area contributed by atoms with Gasteiger partial charge in [-0.05, 0) is 55.2 Å². The van der Waals surface area contributed by atoms with Gasteiger partial charge in [-0.1, -0.05) is 18.2 Å². The number of aryl methyl sites for hydroxylation is 2. The fourth-order valence-corrected chi connectivity index (χ4v) is 2.91. The first-order chi connectivity index (χ1) is 11.2.